The van der Waals surface area contributed by atoms with Gasteiger partial charge in [-0.1, -0.05) is 0 Å². The lowest BCUT2D eigenvalue weighted by Crippen LogP contribution is -2.69. The van der Waals surface area contributed by atoms with Gasteiger partial charge in [0, 0.05) is 24.8 Å². The van der Waals surface area contributed by atoms with E-state index in [1.807, 2.05) is 20.0 Å². The normalized spacial score (nSPS) is 22.8. The van der Waals surface area contributed by atoms with Gasteiger partial charge >= 0.3 is 0 Å². The van der Waals surface area contributed by atoms with Crippen LogP contribution in [0.1, 0.15) is 17.9 Å². The van der Waals surface area contributed by atoms with Crippen LogP contribution in [0.5, 0.6) is 0 Å². The third-order valence-corrected chi connectivity index (χ3v) is 4.94. The molecular weight excluding hydrogens is 304 g/mol. The number of hydrogen-bond donors (Lipinski definition) is 1. The summed E-state index contributed by atoms with van der Waals surface area (Å²) >= 11 is 0. The highest BCUT2D eigenvalue weighted by molar-refractivity contribution is 5.87. The summed E-state index contributed by atoms with van der Waals surface area (Å²) in [7, 11) is 0. The summed E-state index contributed by atoms with van der Waals surface area (Å²) in [5.41, 5.74) is 1.81. The van der Waals surface area contributed by atoms with E-state index in [0.29, 0.717) is 12.1 Å². The van der Waals surface area contributed by atoms with Crippen LogP contribution < -0.4 is 9.80 Å². The standard InChI is InChI=1S/C16H18N8/c1-9-3-14(21-10(2)20-9)23-6-11-4-12(7-23)24(11)16-13-5-19-22-15(13)17-8-18-16/h3,5,8,11-12H,4,6-7H2,1-2H3,(H,17,18,19,22). The van der Waals surface area contributed by atoms with Crippen LogP contribution in [-0.4, -0.2) is 55.3 Å². The number of H-pyrrole nitrogens is 1. The van der Waals surface area contributed by atoms with E-state index in [4.69, 9.17) is 0 Å². The molecule has 3 aliphatic heterocycles. The van der Waals surface area contributed by atoms with Crippen LogP contribution in [-0.2, 0) is 0 Å². The lowest BCUT2D eigenvalue weighted by atomic mass is 9.87. The second kappa shape index (κ2) is 4.86. The third-order valence-electron chi connectivity index (χ3n) is 4.94. The summed E-state index contributed by atoms with van der Waals surface area (Å²) in [6.45, 7) is 5.88. The molecule has 122 valence electrons. The average molecular weight is 322 g/mol. The topological polar surface area (TPSA) is 86.7 Å². The van der Waals surface area contributed by atoms with Gasteiger partial charge in [0.2, 0.25) is 0 Å². The van der Waals surface area contributed by atoms with E-state index in [2.05, 4.69) is 46.0 Å². The molecule has 3 aliphatic rings. The van der Waals surface area contributed by atoms with Crippen molar-refractivity contribution in [3.8, 4) is 0 Å². The van der Waals surface area contributed by atoms with E-state index in [1.54, 1.807) is 6.33 Å². The molecule has 3 saturated heterocycles. The molecule has 8 nitrogen and oxygen atoms in total. The number of fused-ring (bicyclic) bond motifs is 3. The molecule has 0 radical (unpaired) electrons. The SMILES string of the molecule is Cc1cc(N2CC3CC(C2)N3c2ncnc3[nH]ncc23)nc(C)n1. The second-order valence-corrected chi connectivity index (χ2v) is 6.60. The number of piperidine rings is 1. The number of nitrogens with one attached hydrogen (secondary N) is 1. The Morgan fingerprint density at radius 1 is 1.12 bits per heavy atom. The Hall–Kier alpha value is -2.77. The molecule has 0 aliphatic carbocycles. The van der Waals surface area contributed by atoms with E-state index >= 15 is 0 Å². The molecule has 0 saturated carbocycles. The molecule has 3 fully saturated rings. The van der Waals surface area contributed by atoms with Gasteiger partial charge in [-0.25, -0.2) is 19.9 Å². The van der Waals surface area contributed by atoms with E-state index in [9.17, 15) is 0 Å². The number of piperazine rings is 1. The number of anilines is 2. The van der Waals surface area contributed by atoms with Crippen molar-refractivity contribution in [2.45, 2.75) is 32.4 Å². The fourth-order valence-electron chi connectivity index (χ4n) is 3.96. The Bertz CT molecular complexity index is 887. The van der Waals surface area contributed by atoms with E-state index < -0.39 is 0 Å². The van der Waals surface area contributed by atoms with Crippen LogP contribution in [0, 0.1) is 13.8 Å². The molecule has 8 heteroatoms. The van der Waals surface area contributed by atoms with Crippen molar-refractivity contribution in [1.82, 2.24) is 30.1 Å². The summed E-state index contributed by atoms with van der Waals surface area (Å²) in [4.78, 5) is 22.5. The first kappa shape index (κ1) is 13.6. The number of aromatic nitrogens is 6. The lowest BCUT2D eigenvalue weighted by Gasteiger charge is -2.57. The molecular formula is C16H18N8. The zero-order valence-corrected chi connectivity index (χ0v) is 13.6. The smallest absolute Gasteiger partial charge is 0.160 e. The summed E-state index contributed by atoms with van der Waals surface area (Å²) in [5.74, 6) is 2.85. The first-order valence-electron chi connectivity index (χ1n) is 8.18. The van der Waals surface area contributed by atoms with E-state index in [-0.39, 0.29) is 0 Å². The number of aromatic amines is 1. The van der Waals surface area contributed by atoms with Crippen LogP contribution >= 0.6 is 0 Å². The molecule has 2 atom stereocenters. The van der Waals surface area contributed by atoms with Crippen molar-refractivity contribution in [3.63, 3.8) is 0 Å². The minimum absolute atomic E-state index is 0.451. The lowest BCUT2D eigenvalue weighted by molar-refractivity contribution is 0.288. The maximum Gasteiger partial charge on any atom is 0.160 e. The third kappa shape index (κ3) is 1.95. The van der Waals surface area contributed by atoms with Gasteiger partial charge in [0.05, 0.1) is 23.7 Å². The van der Waals surface area contributed by atoms with Crippen LogP contribution in [0.2, 0.25) is 0 Å². The second-order valence-electron chi connectivity index (χ2n) is 6.60. The molecule has 0 aromatic carbocycles. The number of aryl methyl sites for hydroxylation is 2. The van der Waals surface area contributed by atoms with Crippen molar-refractivity contribution in [2.24, 2.45) is 0 Å². The summed E-state index contributed by atoms with van der Waals surface area (Å²) in [6.07, 6.45) is 4.62. The van der Waals surface area contributed by atoms with Crippen LogP contribution in [0.4, 0.5) is 11.6 Å². The van der Waals surface area contributed by atoms with Crippen molar-refractivity contribution in [3.05, 3.63) is 30.1 Å². The van der Waals surface area contributed by atoms with Gasteiger partial charge in [-0.2, -0.15) is 5.10 Å². The average Bonchev–Trinajstić information content (AvgIpc) is 3.03. The van der Waals surface area contributed by atoms with Crippen molar-refractivity contribution >= 4 is 22.7 Å². The molecule has 3 aromatic heterocycles. The Kier molecular flexibility index (Phi) is 2.76. The maximum absolute atomic E-state index is 4.61. The van der Waals surface area contributed by atoms with Crippen molar-refractivity contribution in [2.75, 3.05) is 22.9 Å². The molecule has 0 spiro atoms. The summed E-state index contributed by atoms with van der Waals surface area (Å²) < 4.78 is 0. The maximum atomic E-state index is 4.61. The fourth-order valence-corrected chi connectivity index (χ4v) is 3.96. The first-order valence-corrected chi connectivity index (χ1v) is 8.18. The highest BCUT2D eigenvalue weighted by atomic mass is 15.4. The summed E-state index contributed by atoms with van der Waals surface area (Å²) in [6, 6.07) is 2.97. The van der Waals surface area contributed by atoms with Crippen LogP contribution in [0.3, 0.4) is 0 Å². The zero-order chi connectivity index (χ0) is 16.3. The van der Waals surface area contributed by atoms with Gasteiger partial charge in [0.1, 0.15) is 23.8 Å². The van der Waals surface area contributed by atoms with Gasteiger partial charge in [-0.05, 0) is 20.3 Å². The molecule has 2 bridgehead atoms. The van der Waals surface area contributed by atoms with Gasteiger partial charge in [0.25, 0.3) is 0 Å². The summed E-state index contributed by atoms with van der Waals surface area (Å²) in [5, 5.41) is 8.01. The highest BCUT2D eigenvalue weighted by Gasteiger charge is 2.46. The van der Waals surface area contributed by atoms with Crippen LogP contribution in [0.15, 0.2) is 18.6 Å². The monoisotopic (exact) mass is 322 g/mol. The van der Waals surface area contributed by atoms with E-state index in [1.165, 1.54) is 6.42 Å². The van der Waals surface area contributed by atoms with Gasteiger partial charge in [0.15, 0.2) is 5.65 Å². The molecule has 24 heavy (non-hydrogen) atoms. The quantitative estimate of drug-likeness (QED) is 0.759. The van der Waals surface area contributed by atoms with Gasteiger partial charge in [-0.3, -0.25) is 5.10 Å². The van der Waals surface area contributed by atoms with Crippen LogP contribution in [0.25, 0.3) is 11.0 Å². The largest absolute Gasteiger partial charge is 0.352 e. The highest BCUT2D eigenvalue weighted by Crippen LogP contribution is 2.39. The Labute approximate surface area is 139 Å². The Morgan fingerprint density at radius 3 is 2.75 bits per heavy atom. The number of nitrogens with zero attached hydrogens (tertiary/aromatic N) is 7. The molecule has 0 amide bonds. The Balaban J connectivity index is 1.44. The predicted molar refractivity (Wildman–Crippen MR) is 90.1 cm³/mol. The van der Waals surface area contributed by atoms with Gasteiger partial charge < -0.3 is 9.80 Å². The number of rotatable bonds is 2. The fraction of sp³-hybridized carbons (Fsp3) is 0.438. The molecule has 1 N–H and O–H groups in total. The molecule has 6 rings (SSSR count). The molecule has 3 aromatic rings. The first-order chi connectivity index (χ1) is 11.7. The predicted octanol–water partition coefficient (Wildman–Crippen LogP) is 1.23. The Morgan fingerprint density at radius 2 is 1.96 bits per heavy atom. The van der Waals surface area contributed by atoms with Crippen molar-refractivity contribution < 1.29 is 0 Å². The minimum Gasteiger partial charge on any atom is -0.352 e. The molecule has 2 unspecified atom stereocenters. The van der Waals surface area contributed by atoms with E-state index in [0.717, 1.165) is 47.3 Å². The zero-order valence-electron chi connectivity index (χ0n) is 13.6. The number of hydrogen-bond acceptors (Lipinski definition) is 7. The van der Waals surface area contributed by atoms with Gasteiger partial charge in [-0.15, -0.1) is 0 Å². The molecule has 6 heterocycles. The van der Waals surface area contributed by atoms with Crippen molar-refractivity contribution in [1.29, 1.82) is 0 Å². The minimum atomic E-state index is 0.451.